The van der Waals surface area contributed by atoms with Gasteiger partial charge in [0.2, 0.25) is 5.91 Å². The van der Waals surface area contributed by atoms with Crippen LogP contribution in [0.5, 0.6) is 0 Å². The van der Waals surface area contributed by atoms with E-state index < -0.39 is 10.0 Å². The number of ether oxygens (including phenoxy) is 1. The Morgan fingerprint density at radius 1 is 1.19 bits per heavy atom. The molecule has 0 unspecified atom stereocenters. The first-order chi connectivity index (χ1) is 12.3. The lowest BCUT2D eigenvalue weighted by Crippen LogP contribution is -2.54. The molecule has 10 heteroatoms. The first-order valence-corrected chi connectivity index (χ1v) is 11.3. The smallest absolute Gasteiger partial charge is 0.252 e. The van der Waals surface area contributed by atoms with Crippen LogP contribution in [0.4, 0.5) is 0 Å². The molecule has 0 aliphatic carbocycles. The molecule has 0 spiro atoms. The summed E-state index contributed by atoms with van der Waals surface area (Å²) >= 11 is 6.92. The van der Waals surface area contributed by atoms with Crippen molar-refractivity contribution >= 4 is 38.9 Å². The molecule has 1 aromatic rings. The molecule has 2 aliphatic heterocycles. The van der Waals surface area contributed by atoms with Crippen LogP contribution in [0.2, 0.25) is 4.34 Å². The summed E-state index contributed by atoms with van der Waals surface area (Å²) in [6.45, 7) is 7.30. The molecular formula is C16H24ClN3O4S2. The lowest BCUT2D eigenvalue weighted by molar-refractivity contribution is -0.144. The van der Waals surface area contributed by atoms with Crippen LogP contribution in [-0.4, -0.2) is 86.5 Å². The van der Waals surface area contributed by atoms with E-state index in [1.165, 1.54) is 4.31 Å². The molecule has 0 saturated carbocycles. The predicted octanol–water partition coefficient (Wildman–Crippen LogP) is 1.34. The summed E-state index contributed by atoms with van der Waals surface area (Å²) in [6.07, 6.45) is 0.0876. The molecule has 1 aromatic heterocycles. The highest BCUT2D eigenvalue weighted by atomic mass is 35.5. The number of hydrogen-bond donors (Lipinski definition) is 0. The average molecular weight is 422 g/mol. The first kappa shape index (κ1) is 20.0. The number of sulfonamides is 1. The number of carbonyl (C=O) groups excluding carboxylic acids is 1. The summed E-state index contributed by atoms with van der Waals surface area (Å²) in [4.78, 5) is 16.4. The van der Waals surface area contributed by atoms with E-state index in [1.807, 2.05) is 23.6 Å². The Labute approximate surface area is 163 Å². The zero-order chi connectivity index (χ0) is 18.9. The van der Waals surface area contributed by atoms with Crippen molar-refractivity contribution in [2.24, 2.45) is 0 Å². The third-order valence-electron chi connectivity index (χ3n) is 4.61. The Kier molecular flexibility index (Phi) is 6.25. The van der Waals surface area contributed by atoms with Gasteiger partial charge in [-0.3, -0.25) is 9.69 Å². The molecule has 0 N–H and O–H groups in total. The summed E-state index contributed by atoms with van der Waals surface area (Å²) < 4.78 is 33.1. The van der Waals surface area contributed by atoms with Gasteiger partial charge in [-0.15, -0.1) is 11.3 Å². The first-order valence-electron chi connectivity index (χ1n) is 8.67. The van der Waals surface area contributed by atoms with E-state index in [0.717, 1.165) is 11.3 Å². The summed E-state index contributed by atoms with van der Waals surface area (Å²) in [6, 6.07) is 3.14. The minimum Gasteiger partial charge on any atom is -0.372 e. The maximum atomic E-state index is 12.6. The Morgan fingerprint density at radius 2 is 1.81 bits per heavy atom. The van der Waals surface area contributed by atoms with Crippen molar-refractivity contribution in [2.45, 2.75) is 30.3 Å². The predicted molar refractivity (Wildman–Crippen MR) is 101 cm³/mol. The van der Waals surface area contributed by atoms with E-state index in [-0.39, 0.29) is 22.3 Å². The summed E-state index contributed by atoms with van der Waals surface area (Å²) in [5.74, 6) is 0.0772. The lowest BCUT2D eigenvalue weighted by Gasteiger charge is -2.38. The highest BCUT2D eigenvalue weighted by Crippen LogP contribution is 2.28. The molecule has 2 atom stereocenters. The molecule has 0 aromatic carbocycles. The van der Waals surface area contributed by atoms with E-state index in [2.05, 4.69) is 0 Å². The highest BCUT2D eigenvalue weighted by Gasteiger charge is 2.32. The van der Waals surface area contributed by atoms with E-state index >= 15 is 0 Å². The molecule has 2 saturated heterocycles. The second-order valence-corrected chi connectivity index (χ2v) is 10.7. The van der Waals surface area contributed by atoms with E-state index in [4.69, 9.17) is 16.3 Å². The van der Waals surface area contributed by atoms with Gasteiger partial charge in [0, 0.05) is 39.3 Å². The molecular weight excluding hydrogens is 398 g/mol. The van der Waals surface area contributed by atoms with Crippen molar-refractivity contribution in [3.63, 3.8) is 0 Å². The average Bonchev–Trinajstić information content (AvgIpc) is 3.02. The van der Waals surface area contributed by atoms with E-state index in [9.17, 15) is 13.2 Å². The topological polar surface area (TPSA) is 70.2 Å². The van der Waals surface area contributed by atoms with Gasteiger partial charge in [-0.1, -0.05) is 11.6 Å². The van der Waals surface area contributed by atoms with Crippen molar-refractivity contribution in [3.8, 4) is 0 Å². The van der Waals surface area contributed by atoms with E-state index in [1.54, 1.807) is 12.1 Å². The van der Waals surface area contributed by atoms with Crippen LogP contribution in [0.1, 0.15) is 13.8 Å². The van der Waals surface area contributed by atoms with Gasteiger partial charge in [-0.25, -0.2) is 8.42 Å². The third kappa shape index (κ3) is 4.58. The van der Waals surface area contributed by atoms with Crippen LogP contribution >= 0.6 is 22.9 Å². The van der Waals surface area contributed by atoms with Crippen LogP contribution < -0.4 is 0 Å². The van der Waals surface area contributed by atoms with Crippen LogP contribution in [0.15, 0.2) is 16.3 Å². The van der Waals surface area contributed by atoms with Crippen LogP contribution in [-0.2, 0) is 19.6 Å². The molecule has 0 radical (unpaired) electrons. The third-order valence-corrected chi connectivity index (χ3v) is 8.20. The molecule has 3 rings (SSSR count). The number of nitrogens with zero attached hydrogens (tertiary/aromatic N) is 3. The van der Waals surface area contributed by atoms with Gasteiger partial charge in [0.25, 0.3) is 10.0 Å². The largest absolute Gasteiger partial charge is 0.372 e. The van der Waals surface area contributed by atoms with Crippen molar-refractivity contribution in [3.05, 3.63) is 16.5 Å². The fourth-order valence-electron chi connectivity index (χ4n) is 3.36. The minimum absolute atomic E-state index is 0.0438. The molecule has 26 heavy (non-hydrogen) atoms. The van der Waals surface area contributed by atoms with Gasteiger partial charge < -0.3 is 9.64 Å². The Balaban J connectivity index is 1.53. The molecule has 146 valence electrons. The minimum atomic E-state index is -3.50. The monoisotopic (exact) mass is 421 g/mol. The summed E-state index contributed by atoms with van der Waals surface area (Å²) in [7, 11) is -3.50. The van der Waals surface area contributed by atoms with Gasteiger partial charge >= 0.3 is 0 Å². The van der Waals surface area contributed by atoms with Crippen molar-refractivity contribution in [2.75, 3.05) is 45.8 Å². The van der Waals surface area contributed by atoms with Crippen molar-refractivity contribution in [1.29, 1.82) is 0 Å². The molecule has 2 aliphatic rings. The number of piperazine rings is 1. The quantitative estimate of drug-likeness (QED) is 0.733. The number of morpholine rings is 1. The second kappa shape index (κ2) is 8.12. The zero-order valence-corrected chi connectivity index (χ0v) is 17.3. The summed E-state index contributed by atoms with van der Waals surface area (Å²) in [5.41, 5.74) is 0. The fraction of sp³-hybridized carbons (Fsp3) is 0.688. The maximum Gasteiger partial charge on any atom is 0.252 e. The van der Waals surface area contributed by atoms with Crippen molar-refractivity contribution < 1.29 is 17.9 Å². The van der Waals surface area contributed by atoms with Crippen LogP contribution in [0, 0.1) is 0 Å². The Bertz CT molecular complexity index is 736. The highest BCUT2D eigenvalue weighted by molar-refractivity contribution is 7.91. The van der Waals surface area contributed by atoms with Gasteiger partial charge in [0.15, 0.2) is 0 Å². The van der Waals surface area contributed by atoms with Crippen LogP contribution in [0.3, 0.4) is 0 Å². The number of carbonyl (C=O) groups is 1. The number of halogens is 1. The van der Waals surface area contributed by atoms with Crippen molar-refractivity contribution in [1.82, 2.24) is 14.1 Å². The lowest BCUT2D eigenvalue weighted by atomic mass is 10.2. The summed E-state index contributed by atoms with van der Waals surface area (Å²) in [5, 5.41) is 0. The van der Waals surface area contributed by atoms with Gasteiger partial charge in [0.1, 0.15) is 4.21 Å². The molecule has 0 bridgehead atoms. The second-order valence-electron chi connectivity index (χ2n) is 6.79. The number of thiophene rings is 1. The van der Waals surface area contributed by atoms with E-state index in [0.29, 0.717) is 50.1 Å². The number of amides is 1. The molecule has 2 fully saturated rings. The standard InChI is InChI=1S/C16H24ClN3O4S2/c1-12-9-19(10-13(2)24-12)15(21)11-18-5-7-20(8-6-18)26(22,23)16-4-3-14(17)25-16/h3-4,12-13H,5-11H2,1-2H3/t12-,13-/m1/s1. The molecule has 7 nitrogen and oxygen atoms in total. The van der Waals surface area contributed by atoms with Gasteiger partial charge in [0.05, 0.1) is 23.1 Å². The number of hydrogen-bond acceptors (Lipinski definition) is 6. The Morgan fingerprint density at radius 3 is 2.35 bits per heavy atom. The number of rotatable bonds is 4. The fourth-order valence-corrected chi connectivity index (χ4v) is 6.42. The SMILES string of the molecule is C[C@@H]1CN(C(=O)CN2CCN(S(=O)(=O)c3ccc(Cl)s3)CC2)C[C@@H](C)O1. The zero-order valence-electron chi connectivity index (χ0n) is 14.9. The Hall–Kier alpha value is -0.710. The van der Waals surface area contributed by atoms with Crippen LogP contribution in [0.25, 0.3) is 0 Å². The molecule has 3 heterocycles. The van der Waals surface area contributed by atoms with Gasteiger partial charge in [-0.2, -0.15) is 4.31 Å². The normalized spacial score (nSPS) is 26.2. The van der Waals surface area contributed by atoms with Gasteiger partial charge in [-0.05, 0) is 26.0 Å². The maximum absolute atomic E-state index is 12.6. The molecule has 1 amide bonds.